The van der Waals surface area contributed by atoms with E-state index >= 15 is 0 Å². The van der Waals surface area contributed by atoms with E-state index in [4.69, 9.17) is 14.9 Å². The van der Waals surface area contributed by atoms with Crippen molar-refractivity contribution in [2.75, 3.05) is 39.8 Å². The van der Waals surface area contributed by atoms with Gasteiger partial charge in [-0.2, -0.15) is 0 Å². The molecule has 0 atom stereocenters. The summed E-state index contributed by atoms with van der Waals surface area (Å²) in [6, 6.07) is 0. The first-order valence-electron chi connectivity index (χ1n) is 4.12. The average Bonchev–Trinajstić information content (AvgIpc) is 2.77. The van der Waals surface area contributed by atoms with E-state index in [2.05, 4.69) is 0 Å². The second kappa shape index (κ2) is 3.28. The summed E-state index contributed by atoms with van der Waals surface area (Å²) in [7, 11) is 0. The van der Waals surface area contributed by atoms with E-state index in [1.807, 2.05) is 9.80 Å². The van der Waals surface area contributed by atoms with Crippen molar-refractivity contribution in [2.45, 2.75) is 0 Å². The van der Waals surface area contributed by atoms with Crippen molar-refractivity contribution in [3.05, 3.63) is 0 Å². The van der Waals surface area contributed by atoms with Gasteiger partial charge < -0.3 is 19.3 Å². The molecule has 2 heterocycles. The maximum absolute atomic E-state index is 7.78. The van der Waals surface area contributed by atoms with Gasteiger partial charge in [0.2, 0.25) is 0 Å². The molecule has 0 spiro atoms. The Balaban J connectivity index is 1.89. The van der Waals surface area contributed by atoms with Gasteiger partial charge in [0.1, 0.15) is 13.5 Å². The minimum Gasteiger partial charge on any atom is -0.359 e. The normalized spacial score (nSPS) is 23.7. The lowest BCUT2D eigenvalue weighted by atomic mass is 10.5. The Hall–Kier alpha value is -0.810. The molecule has 0 aromatic carbocycles. The first-order chi connectivity index (χ1) is 5.88. The van der Waals surface area contributed by atoms with E-state index in [9.17, 15) is 0 Å². The van der Waals surface area contributed by atoms with Crippen molar-refractivity contribution in [3.63, 3.8) is 0 Å². The summed E-state index contributed by atoms with van der Waals surface area (Å²) in [4.78, 5) is 3.82. The molecular weight excluding hydrogens is 158 g/mol. The Morgan fingerprint density at radius 1 is 1.00 bits per heavy atom. The quantitative estimate of drug-likeness (QED) is 0.394. The highest BCUT2D eigenvalue weighted by molar-refractivity contribution is 5.77. The summed E-state index contributed by atoms with van der Waals surface area (Å²) >= 11 is 0. The van der Waals surface area contributed by atoms with Crippen LogP contribution < -0.4 is 0 Å². The van der Waals surface area contributed by atoms with Crippen LogP contribution in [0.15, 0.2) is 0 Å². The van der Waals surface area contributed by atoms with Crippen molar-refractivity contribution in [1.82, 2.24) is 9.80 Å². The molecule has 0 aromatic rings. The Morgan fingerprint density at radius 2 is 1.50 bits per heavy atom. The molecule has 1 N–H and O–H groups in total. The molecule has 0 saturated carbocycles. The molecular formula is C7H13N3O2. The van der Waals surface area contributed by atoms with Gasteiger partial charge in [-0.1, -0.05) is 0 Å². The van der Waals surface area contributed by atoms with E-state index in [0.717, 1.165) is 26.3 Å². The van der Waals surface area contributed by atoms with Crippen LogP contribution in [0.1, 0.15) is 0 Å². The molecule has 0 bridgehead atoms. The van der Waals surface area contributed by atoms with Gasteiger partial charge in [0, 0.05) is 13.1 Å². The number of guanidine groups is 1. The van der Waals surface area contributed by atoms with Crippen LogP contribution in [0.25, 0.3) is 0 Å². The zero-order valence-corrected chi connectivity index (χ0v) is 6.95. The molecule has 2 saturated heterocycles. The van der Waals surface area contributed by atoms with E-state index < -0.39 is 0 Å². The fourth-order valence-corrected chi connectivity index (χ4v) is 1.36. The highest BCUT2D eigenvalue weighted by Crippen LogP contribution is 2.06. The predicted octanol–water partition coefficient (Wildman–Crippen LogP) is -0.499. The maximum atomic E-state index is 7.78. The molecule has 5 heteroatoms. The van der Waals surface area contributed by atoms with Gasteiger partial charge in [0.05, 0.1) is 13.2 Å². The van der Waals surface area contributed by atoms with Gasteiger partial charge in [-0.15, -0.1) is 0 Å². The average molecular weight is 171 g/mol. The monoisotopic (exact) mass is 171 g/mol. The summed E-state index contributed by atoms with van der Waals surface area (Å²) in [5.74, 6) is 0.532. The lowest BCUT2D eigenvalue weighted by molar-refractivity contribution is 0.147. The Morgan fingerprint density at radius 3 is 1.83 bits per heavy atom. The number of nitrogens with zero attached hydrogens (tertiary/aromatic N) is 2. The second-order valence-corrected chi connectivity index (χ2v) is 2.93. The Bertz CT molecular complexity index is 155. The van der Waals surface area contributed by atoms with E-state index in [1.54, 1.807) is 0 Å². The Labute approximate surface area is 71.3 Å². The molecule has 0 aliphatic carbocycles. The van der Waals surface area contributed by atoms with Crippen molar-refractivity contribution in [3.8, 4) is 0 Å². The number of hydrogen-bond acceptors (Lipinski definition) is 3. The van der Waals surface area contributed by atoms with Gasteiger partial charge in [-0.3, -0.25) is 5.41 Å². The smallest absolute Gasteiger partial charge is 0.197 e. The first-order valence-corrected chi connectivity index (χ1v) is 4.12. The standard InChI is InChI=1S/C7H13N3O2/c8-7(9-1-3-11-5-9)10-2-4-12-6-10/h8H,1-6H2. The summed E-state index contributed by atoms with van der Waals surface area (Å²) in [5.41, 5.74) is 0. The fourth-order valence-electron chi connectivity index (χ4n) is 1.36. The fraction of sp³-hybridized carbons (Fsp3) is 0.857. The maximum Gasteiger partial charge on any atom is 0.197 e. The number of rotatable bonds is 0. The molecule has 0 amide bonds. The van der Waals surface area contributed by atoms with E-state index in [-0.39, 0.29) is 0 Å². The lowest BCUT2D eigenvalue weighted by Gasteiger charge is -2.24. The van der Waals surface area contributed by atoms with Crippen LogP contribution in [-0.4, -0.2) is 55.5 Å². The zero-order valence-electron chi connectivity index (χ0n) is 6.95. The van der Waals surface area contributed by atoms with Gasteiger partial charge in [0.15, 0.2) is 5.96 Å². The van der Waals surface area contributed by atoms with E-state index in [0.29, 0.717) is 19.4 Å². The van der Waals surface area contributed by atoms with Crippen molar-refractivity contribution >= 4 is 5.96 Å². The third-order valence-corrected chi connectivity index (χ3v) is 2.10. The van der Waals surface area contributed by atoms with Crippen molar-refractivity contribution < 1.29 is 9.47 Å². The molecule has 0 aromatic heterocycles. The third-order valence-electron chi connectivity index (χ3n) is 2.10. The molecule has 5 nitrogen and oxygen atoms in total. The summed E-state index contributed by atoms with van der Waals surface area (Å²) in [6.45, 7) is 4.23. The number of hydrogen-bond donors (Lipinski definition) is 1. The summed E-state index contributed by atoms with van der Waals surface area (Å²) < 4.78 is 10.3. The molecule has 2 rings (SSSR count). The molecule has 12 heavy (non-hydrogen) atoms. The van der Waals surface area contributed by atoms with Gasteiger partial charge in [0.25, 0.3) is 0 Å². The van der Waals surface area contributed by atoms with Gasteiger partial charge in [-0.05, 0) is 0 Å². The topological polar surface area (TPSA) is 48.8 Å². The molecule has 68 valence electrons. The van der Waals surface area contributed by atoms with Crippen LogP contribution in [0.5, 0.6) is 0 Å². The number of nitrogens with one attached hydrogen (secondary N) is 1. The molecule has 0 radical (unpaired) electrons. The van der Waals surface area contributed by atoms with Crippen LogP contribution >= 0.6 is 0 Å². The number of ether oxygens (including phenoxy) is 2. The minimum atomic E-state index is 0.532. The van der Waals surface area contributed by atoms with Gasteiger partial charge >= 0.3 is 0 Å². The lowest BCUT2D eigenvalue weighted by Crippen LogP contribution is -2.41. The summed E-state index contributed by atoms with van der Waals surface area (Å²) in [5, 5.41) is 7.78. The predicted molar refractivity (Wildman–Crippen MR) is 42.8 cm³/mol. The van der Waals surface area contributed by atoms with Crippen LogP contribution in [0, 0.1) is 5.41 Å². The molecule has 2 aliphatic heterocycles. The second-order valence-electron chi connectivity index (χ2n) is 2.93. The largest absolute Gasteiger partial charge is 0.359 e. The highest BCUT2D eigenvalue weighted by atomic mass is 16.5. The highest BCUT2D eigenvalue weighted by Gasteiger charge is 2.23. The third kappa shape index (κ3) is 1.37. The molecule has 2 fully saturated rings. The van der Waals surface area contributed by atoms with Gasteiger partial charge in [-0.25, -0.2) is 0 Å². The van der Waals surface area contributed by atoms with Crippen LogP contribution in [-0.2, 0) is 9.47 Å². The van der Waals surface area contributed by atoms with Crippen LogP contribution in [0.3, 0.4) is 0 Å². The SMILES string of the molecule is N=C(N1CCOC1)N1CCOC1. The van der Waals surface area contributed by atoms with Crippen LogP contribution in [0.2, 0.25) is 0 Å². The summed E-state index contributed by atoms with van der Waals surface area (Å²) in [6.07, 6.45) is 0. The zero-order chi connectivity index (χ0) is 8.39. The van der Waals surface area contributed by atoms with Crippen molar-refractivity contribution in [2.24, 2.45) is 0 Å². The molecule has 2 aliphatic rings. The van der Waals surface area contributed by atoms with E-state index in [1.165, 1.54) is 0 Å². The minimum absolute atomic E-state index is 0.532. The molecule has 0 unspecified atom stereocenters. The first kappa shape index (κ1) is 7.82. The Kier molecular flexibility index (Phi) is 2.14. The van der Waals surface area contributed by atoms with Crippen LogP contribution in [0.4, 0.5) is 0 Å². The van der Waals surface area contributed by atoms with Crippen molar-refractivity contribution in [1.29, 1.82) is 5.41 Å².